The molecule has 2 rings (SSSR count). The zero-order valence-corrected chi connectivity index (χ0v) is 14.8. The second-order valence-corrected chi connectivity index (χ2v) is 6.64. The van der Waals surface area contributed by atoms with Gasteiger partial charge in [0.25, 0.3) is 0 Å². The van der Waals surface area contributed by atoms with E-state index in [-0.39, 0.29) is 6.10 Å². The maximum atomic E-state index is 10.2. The van der Waals surface area contributed by atoms with Crippen LogP contribution in [0.15, 0.2) is 24.3 Å². The van der Waals surface area contributed by atoms with Gasteiger partial charge in [0, 0.05) is 44.8 Å². The number of likely N-dealkylation sites (N-methyl/N-ethyl adjacent to an activating group) is 2. The van der Waals surface area contributed by atoms with Crippen molar-refractivity contribution in [3.05, 3.63) is 34.9 Å². The van der Waals surface area contributed by atoms with Gasteiger partial charge in [0.15, 0.2) is 0 Å². The van der Waals surface area contributed by atoms with E-state index < -0.39 is 0 Å². The molecule has 0 radical (unpaired) electrons. The van der Waals surface area contributed by atoms with Crippen molar-refractivity contribution >= 4 is 11.6 Å². The van der Waals surface area contributed by atoms with Crippen LogP contribution in [0, 0.1) is 11.8 Å². The first kappa shape index (κ1) is 18.3. The Kier molecular flexibility index (Phi) is 7.35. The summed E-state index contributed by atoms with van der Waals surface area (Å²) in [5.41, 5.74) is 0.848. The summed E-state index contributed by atoms with van der Waals surface area (Å²) in [7, 11) is 4.12. The van der Waals surface area contributed by atoms with Gasteiger partial charge in [-0.05, 0) is 26.2 Å². The van der Waals surface area contributed by atoms with Gasteiger partial charge < -0.3 is 10.0 Å². The Morgan fingerprint density at radius 2 is 1.96 bits per heavy atom. The van der Waals surface area contributed by atoms with Gasteiger partial charge in [-0.25, -0.2) is 0 Å². The first-order valence-electron chi connectivity index (χ1n) is 8.05. The monoisotopic (exact) mass is 335 g/mol. The number of benzene rings is 1. The highest BCUT2D eigenvalue weighted by Crippen LogP contribution is 2.12. The van der Waals surface area contributed by atoms with E-state index in [9.17, 15) is 5.11 Å². The summed E-state index contributed by atoms with van der Waals surface area (Å²) in [4.78, 5) is 6.69. The van der Waals surface area contributed by atoms with Crippen molar-refractivity contribution in [3.63, 3.8) is 0 Å². The van der Waals surface area contributed by atoms with Gasteiger partial charge in [-0.3, -0.25) is 9.80 Å². The van der Waals surface area contributed by atoms with Crippen molar-refractivity contribution in [2.45, 2.75) is 6.10 Å². The molecule has 0 saturated carbocycles. The molecule has 126 valence electrons. The molecule has 1 aromatic carbocycles. The van der Waals surface area contributed by atoms with Crippen LogP contribution in [0.1, 0.15) is 5.56 Å². The molecule has 23 heavy (non-hydrogen) atoms. The maximum absolute atomic E-state index is 10.2. The van der Waals surface area contributed by atoms with Crippen LogP contribution in [0.5, 0.6) is 0 Å². The topological polar surface area (TPSA) is 30.0 Å². The number of rotatable bonds is 5. The molecule has 0 aromatic heterocycles. The van der Waals surface area contributed by atoms with E-state index in [2.05, 4.69) is 28.7 Å². The Morgan fingerprint density at radius 3 is 2.65 bits per heavy atom. The van der Waals surface area contributed by atoms with E-state index in [4.69, 9.17) is 11.6 Å². The summed E-state index contributed by atoms with van der Waals surface area (Å²) in [6, 6.07) is 7.58. The van der Waals surface area contributed by atoms with Gasteiger partial charge >= 0.3 is 0 Å². The van der Waals surface area contributed by atoms with Gasteiger partial charge in [0.2, 0.25) is 0 Å². The quantitative estimate of drug-likeness (QED) is 0.820. The summed E-state index contributed by atoms with van der Waals surface area (Å²) in [5, 5.41) is 10.9. The molecular formula is C18H26ClN3O. The summed E-state index contributed by atoms with van der Waals surface area (Å²) in [5.74, 6) is 6.20. The molecule has 0 aliphatic carbocycles. The van der Waals surface area contributed by atoms with E-state index in [0.717, 1.165) is 38.3 Å². The molecule has 1 aromatic rings. The third-order valence-corrected chi connectivity index (χ3v) is 4.36. The van der Waals surface area contributed by atoms with E-state index in [1.165, 1.54) is 0 Å². The third kappa shape index (κ3) is 6.50. The lowest BCUT2D eigenvalue weighted by molar-refractivity contribution is 0.0632. The smallest absolute Gasteiger partial charge is 0.0794 e. The van der Waals surface area contributed by atoms with Crippen LogP contribution in [0.2, 0.25) is 5.02 Å². The molecule has 0 bridgehead atoms. The molecule has 1 atom stereocenters. The number of piperazine rings is 1. The SMILES string of the molecule is CN1CCN(CC(O)CN(C)CC#Cc2ccccc2Cl)CC1. The molecule has 1 N–H and O–H groups in total. The molecule has 0 amide bonds. The van der Waals surface area contributed by atoms with Crippen LogP contribution in [0.4, 0.5) is 0 Å². The van der Waals surface area contributed by atoms with E-state index in [1.54, 1.807) is 0 Å². The number of aliphatic hydroxyl groups excluding tert-OH is 1. The highest BCUT2D eigenvalue weighted by Gasteiger charge is 2.17. The number of aliphatic hydroxyl groups is 1. The van der Waals surface area contributed by atoms with Gasteiger partial charge in [0.05, 0.1) is 17.7 Å². The van der Waals surface area contributed by atoms with Crippen LogP contribution >= 0.6 is 11.6 Å². The first-order valence-corrected chi connectivity index (χ1v) is 8.43. The number of hydrogen-bond donors (Lipinski definition) is 1. The number of hydrogen-bond acceptors (Lipinski definition) is 4. The highest BCUT2D eigenvalue weighted by molar-refractivity contribution is 6.31. The van der Waals surface area contributed by atoms with Crippen molar-refractivity contribution in [1.29, 1.82) is 0 Å². The third-order valence-electron chi connectivity index (χ3n) is 4.03. The van der Waals surface area contributed by atoms with Crippen molar-refractivity contribution in [3.8, 4) is 11.8 Å². The van der Waals surface area contributed by atoms with E-state index in [1.807, 2.05) is 36.2 Å². The van der Waals surface area contributed by atoms with E-state index >= 15 is 0 Å². The molecule has 1 fully saturated rings. The lowest BCUT2D eigenvalue weighted by Crippen LogP contribution is -2.48. The van der Waals surface area contributed by atoms with Gasteiger partial charge in [-0.2, -0.15) is 0 Å². The normalized spacial score (nSPS) is 17.8. The Hall–Kier alpha value is -1.09. The van der Waals surface area contributed by atoms with Gasteiger partial charge in [-0.1, -0.05) is 35.6 Å². The lowest BCUT2D eigenvalue weighted by Gasteiger charge is -2.34. The Bertz CT molecular complexity index is 547. The van der Waals surface area contributed by atoms with Crippen molar-refractivity contribution in [1.82, 2.24) is 14.7 Å². The molecule has 1 aliphatic heterocycles. The zero-order valence-electron chi connectivity index (χ0n) is 14.0. The van der Waals surface area contributed by atoms with Crippen molar-refractivity contribution in [2.75, 3.05) is 59.9 Å². The predicted molar refractivity (Wildman–Crippen MR) is 95.8 cm³/mol. The van der Waals surface area contributed by atoms with Crippen LogP contribution in [-0.4, -0.2) is 85.8 Å². The molecule has 1 unspecified atom stereocenters. The second kappa shape index (κ2) is 9.27. The van der Waals surface area contributed by atoms with Crippen molar-refractivity contribution < 1.29 is 5.11 Å². The summed E-state index contributed by atoms with van der Waals surface area (Å²) < 4.78 is 0. The minimum Gasteiger partial charge on any atom is -0.390 e. The van der Waals surface area contributed by atoms with Crippen LogP contribution in [0.3, 0.4) is 0 Å². The zero-order chi connectivity index (χ0) is 16.7. The molecular weight excluding hydrogens is 310 g/mol. The van der Waals surface area contributed by atoms with Crippen molar-refractivity contribution in [2.24, 2.45) is 0 Å². The van der Waals surface area contributed by atoms with E-state index in [0.29, 0.717) is 18.1 Å². The molecule has 4 nitrogen and oxygen atoms in total. The largest absolute Gasteiger partial charge is 0.390 e. The van der Waals surface area contributed by atoms with Gasteiger partial charge in [0.1, 0.15) is 0 Å². The average molecular weight is 336 g/mol. The number of β-amino-alcohol motifs (C(OH)–C–C–N with tert-alkyl or cyclic N) is 1. The Labute approximate surface area is 144 Å². The number of nitrogens with zero attached hydrogens (tertiary/aromatic N) is 3. The summed E-state index contributed by atoms with van der Waals surface area (Å²) >= 11 is 6.08. The Morgan fingerprint density at radius 1 is 1.26 bits per heavy atom. The second-order valence-electron chi connectivity index (χ2n) is 6.24. The highest BCUT2D eigenvalue weighted by atomic mass is 35.5. The maximum Gasteiger partial charge on any atom is 0.0794 e. The minimum atomic E-state index is -0.342. The average Bonchev–Trinajstić information content (AvgIpc) is 2.51. The standard InChI is InChI=1S/C18H26ClN3O/c1-20-10-12-22(13-11-20)15-17(23)14-21(2)9-5-7-16-6-3-4-8-18(16)19/h3-4,6,8,17,23H,9-15H2,1-2H3. The molecule has 1 saturated heterocycles. The van der Waals surface area contributed by atoms with Crippen LogP contribution in [0.25, 0.3) is 0 Å². The first-order chi connectivity index (χ1) is 11.0. The van der Waals surface area contributed by atoms with Crippen LogP contribution < -0.4 is 0 Å². The summed E-state index contributed by atoms with van der Waals surface area (Å²) in [6.07, 6.45) is -0.342. The molecule has 0 spiro atoms. The summed E-state index contributed by atoms with van der Waals surface area (Å²) in [6.45, 7) is 6.19. The predicted octanol–water partition coefficient (Wildman–Crippen LogP) is 1.23. The van der Waals surface area contributed by atoms with Crippen LogP contribution in [-0.2, 0) is 0 Å². The fourth-order valence-electron chi connectivity index (χ4n) is 2.64. The Balaban J connectivity index is 1.72. The number of halogens is 1. The molecule has 5 heteroatoms. The fraction of sp³-hybridized carbons (Fsp3) is 0.556. The fourth-order valence-corrected chi connectivity index (χ4v) is 2.83. The lowest BCUT2D eigenvalue weighted by atomic mass is 10.2. The minimum absolute atomic E-state index is 0.342. The van der Waals surface area contributed by atoms with Gasteiger partial charge in [-0.15, -0.1) is 0 Å². The molecule has 1 heterocycles. The molecule has 1 aliphatic rings.